The number of hydrogen-bond acceptors (Lipinski definition) is 11. The Hall–Kier alpha value is -4.80. The van der Waals surface area contributed by atoms with Crippen LogP contribution in [0.5, 0.6) is 11.5 Å². The second-order valence-corrected chi connectivity index (χ2v) is 18.6. The molecular weight excluding hydrogens is 735 g/mol. The van der Waals surface area contributed by atoms with Gasteiger partial charge in [-0.3, -0.25) is 24.0 Å². The highest BCUT2D eigenvalue weighted by Crippen LogP contribution is 2.46. The van der Waals surface area contributed by atoms with E-state index in [-0.39, 0.29) is 39.1 Å². The number of alkyl carbamates (subject to hydrolysis) is 1. The van der Waals surface area contributed by atoms with Crippen LogP contribution in [0.3, 0.4) is 0 Å². The van der Waals surface area contributed by atoms with Crippen molar-refractivity contribution in [2.75, 3.05) is 20.3 Å². The third-order valence-corrected chi connectivity index (χ3v) is 12.5. The number of ether oxygens (including phenoxy) is 4. The Kier molecular flexibility index (Phi) is 10.7. The van der Waals surface area contributed by atoms with E-state index in [0.29, 0.717) is 30.8 Å². The molecule has 0 radical (unpaired) electrons. The van der Waals surface area contributed by atoms with Gasteiger partial charge in [-0.05, 0) is 50.2 Å². The summed E-state index contributed by atoms with van der Waals surface area (Å²) in [5.41, 5.74) is -1.89. The number of nitrogens with one attached hydrogen (secondary N) is 3. The van der Waals surface area contributed by atoms with Crippen molar-refractivity contribution in [1.29, 1.82) is 0 Å². The van der Waals surface area contributed by atoms with Crippen molar-refractivity contribution in [3.05, 3.63) is 48.1 Å². The van der Waals surface area contributed by atoms with Crippen molar-refractivity contribution in [2.24, 2.45) is 11.3 Å². The Balaban J connectivity index is 1.31. The van der Waals surface area contributed by atoms with Gasteiger partial charge in [0.05, 0.1) is 25.4 Å². The molecule has 17 heteroatoms. The number of carbonyl (C=O) groups excluding carboxylic acids is 5. The molecule has 4 bridgehead atoms. The summed E-state index contributed by atoms with van der Waals surface area (Å²) in [4.78, 5) is 72.1. The van der Waals surface area contributed by atoms with Crippen LogP contribution in [-0.4, -0.2) is 103 Å². The Labute approximate surface area is 321 Å². The number of fused-ring (bicyclic) bond motifs is 3. The van der Waals surface area contributed by atoms with Gasteiger partial charge in [0, 0.05) is 30.9 Å². The van der Waals surface area contributed by atoms with Crippen molar-refractivity contribution < 1.29 is 51.3 Å². The normalized spacial score (nSPS) is 28.8. The zero-order chi connectivity index (χ0) is 40.1. The van der Waals surface area contributed by atoms with Crippen LogP contribution in [0.4, 0.5) is 9.59 Å². The molecule has 300 valence electrons. The first-order valence-corrected chi connectivity index (χ1v) is 20.1. The second-order valence-electron chi connectivity index (χ2n) is 16.6. The van der Waals surface area contributed by atoms with E-state index in [9.17, 15) is 32.4 Å². The molecule has 5 aliphatic rings. The minimum absolute atomic E-state index is 0.0995. The molecule has 1 unspecified atom stereocenters. The molecule has 3 fully saturated rings. The topological polar surface area (TPSA) is 199 Å². The molecular formula is C38H51N5O11S. The fourth-order valence-electron chi connectivity index (χ4n) is 7.30. The van der Waals surface area contributed by atoms with Crippen LogP contribution in [0.25, 0.3) is 0 Å². The summed E-state index contributed by atoms with van der Waals surface area (Å²) >= 11 is 0. The number of nitrogens with zero attached hydrogens (tertiary/aromatic N) is 2. The van der Waals surface area contributed by atoms with Crippen LogP contribution in [0.1, 0.15) is 77.8 Å². The minimum atomic E-state index is -3.93. The van der Waals surface area contributed by atoms with Gasteiger partial charge in [-0.2, -0.15) is 0 Å². The lowest BCUT2D eigenvalue weighted by Crippen LogP contribution is -2.60. The first-order chi connectivity index (χ1) is 25.8. The van der Waals surface area contributed by atoms with E-state index < -0.39 is 85.8 Å². The monoisotopic (exact) mass is 785 g/mol. The Bertz CT molecular complexity index is 1900. The first kappa shape index (κ1) is 39.9. The van der Waals surface area contributed by atoms with Gasteiger partial charge in [0.15, 0.2) is 11.5 Å². The van der Waals surface area contributed by atoms with Gasteiger partial charge in [0.25, 0.3) is 5.91 Å². The number of methoxy groups -OCH3 is 1. The van der Waals surface area contributed by atoms with Crippen molar-refractivity contribution in [1.82, 2.24) is 25.2 Å². The van der Waals surface area contributed by atoms with Crippen LogP contribution in [0.15, 0.2) is 36.9 Å². The molecule has 16 nitrogen and oxygen atoms in total. The predicted octanol–water partition coefficient (Wildman–Crippen LogP) is 3.04. The fraction of sp³-hybridized carbons (Fsp3) is 0.605. The van der Waals surface area contributed by atoms with E-state index in [4.69, 9.17) is 18.9 Å². The van der Waals surface area contributed by atoms with Gasteiger partial charge >= 0.3 is 12.2 Å². The molecule has 0 aromatic heterocycles. The molecule has 1 saturated heterocycles. The fourth-order valence-corrected chi connectivity index (χ4v) is 8.67. The number of benzene rings is 1. The number of cyclic esters (lactones) is 1. The van der Waals surface area contributed by atoms with Crippen molar-refractivity contribution in [3.8, 4) is 11.5 Å². The third-order valence-electron chi connectivity index (χ3n) is 10.7. The molecule has 0 spiro atoms. The summed E-state index contributed by atoms with van der Waals surface area (Å²) in [5, 5.41) is 4.77. The summed E-state index contributed by atoms with van der Waals surface area (Å²) in [5.74, 6) is -1.87. The quantitative estimate of drug-likeness (QED) is 0.344. The average molecular weight is 786 g/mol. The lowest BCUT2D eigenvalue weighted by Gasteiger charge is -2.36. The van der Waals surface area contributed by atoms with Gasteiger partial charge in [0.1, 0.15) is 35.9 Å². The maximum Gasteiger partial charge on any atom is 0.410 e. The third kappa shape index (κ3) is 8.40. The van der Waals surface area contributed by atoms with E-state index >= 15 is 0 Å². The molecule has 6 rings (SSSR count). The van der Waals surface area contributed by atoms with E-state index in [0.717, 1.165) is 11.1 Å². The SMILES string of the molecule is C=C[C@H]1C[C@@]1(NC(=O)C1C[C@@H]2CN1C(=O)[C@H](C(C)(C)C)NC(=O)OC(C)(C)C/C=C/COc1c(OC)ccc3c1CN(C3)C(=O)O2)C(=O)NS(=O)(=O)C1CC1. The van der Waals surface area contributed by atoms with E-state index in [2.05, 4.69) is 21.9 Å². The minimum Gasteiger partial charge on any atom is -0.493 e. The van der Waals surface area contributed by atoms with Gasteiger partial charge in [-0.1, -0.05) is 45.1 Å². The molecule has 2 saturated carbocycles. The molecule has 5 atom stereocenters. The number of amides is 5. The lowest BCUT2D eigenvalue weighted by molar-refractivity contribution is -0.143. The van der Waals surface area contributed by atoms with Gasteiger partial charge in [0.2, 0.25) is 21.8 Å². The summed E-state index contributed by atoms with van der Waals surface area (Å²) in [6, 6.07) is 1.15. The largest absolute Gasteiger partial charge is 0.493 e. The van der Waals surface area contributed by atoms with Crippen LogP contribution in [0.2, 0.25) is 0 Å². The van der Waals surface area contributed by atoms with Gasteiger partial charge in [-0.15, -0.1) is 6.58 Å². The molecule has 3 aliphatic heterocycles. The van der Waals surface area contributed by atoms with Crippen molar-refractivity contribution in [3.63, 3.8) is 0 Å². The molecule has 3 N–H and O–H groups in total. The highest BCUT2D eigenvalue weighted by molar-refractivity contribution is 7.91. The Morgan fingerprint density at radius 2 is 1.84 bits per heavy atom. The number of sulfonamides is 1. The smallest absolute Gasteiger partial charge is 0.410 e. The van der Waals surface area contributed by atoms with Crippen molar-refractivity contribution in [2.45, 2.75) is 114 Å². The van der Waals surface area contributed by atoms with Crippen molar-refractivity contribution >= 4 is 39.9 Å². The molecule has 1 aromatic carbocycles. The molecule has 2 aliphatic carbocycles. The summed E-state index contributed by atoms with van der Waals surface area (Å²) in [6.07, 6.45) is 3.73. The molecule has 5 amide bonds. The van der Waals surface area contributed by atoms with E-state index in [1.54, 1.807) is 46.8 Å². The number of hydrogen-bond donors (Lipinski definition) is 3. The van der Waals surface area contributed by atoms with Crippen LogP contribution in [0, 0.1) is 11.3 Å². The predicted molar refractivity (Wildman–Crippen MR) is 198 cm³/mol. The van der Waals surface area contributed by atoms with E-state index in [1.165, 1.54) is 23.0 Å². The average Bonchev–Trinajstić information content (AvgIpc) is 3.99. The first-order valence-electron chi connectivity index (χ1n) is 18.5. The molecule has 1 aromatic rings. The van der Waals surface area contributed by atoms with Crippen LogP contribution >= 0.6 is 0 Å². The maximum absolute atomic E-state index is 14.5. The van der Waals surface area contributed by atoms with Gasteiger partial charge in [-0.25, -0.2) is 18.0 Å². The zero-order valence-electron chi connectivity index (χ0n) is 32.1. The second kappa shape index (κ2) is 14.7. The summed E-state index contributed by atoms with van der Waals surface area (Å²) in [7, 11) is -2.41. The Morgan fingerprint density at radius 3 is 2.47 bits per heavy atom. The Morgan fingerprint density at radius 1 is 1.11 bits per heavy atom. The number of carbonyl (C=O) groups is 5. The maximum atomic E-state index is 14.5. The number of rotatable bonds is 7. The van der Waals surface area contributed by atoms with Gasteiger partial charge < -0.3 is 34.5 Å². The van der Waals surface area contributed by atoms with E-state index in [1.807, 2.05) is 12.1 Å². The van der Waals surface area contributed by atoms with Crippen LogP contribution < -0.4 is 24.8 Å². The lowest BCUT2D eigenvalue weighted by atomic mass is 9.85. The molecule has 55 heavy (non-hydrogen) atoms. The summed E-state index contributed by atoms with van der Waals surface area (Å²) < 4.78 is 50.9. The summed E-state index contributed by atoms with van der Waals surface area (Å²) in [6.45, 7) is 12.8. The zero-order valence-corrected chi connectivity index (χ0v) is 33.0. The highest BCUT2D eigenvalue weighted by Gasteiger charge is 2.62. The highest BCUT2D eigenvalue weighted by atomic mass is 32.2. The van der Waals surface area contributed by atoms with Crippen LogP contribution in [-0.2, 0) is 47.0 Å². The standard InChI is InChI=1S/C38H51N5O11S/c1-8-23-18-38(23,33(46)41-55(49,50)25-12-13-25)40-31(44)27-17-24-20-43(27)32(45)30(36(2,3)4)39-34(47)54-37(5,6)15-9-10-16-52-29-26-21-42(35(48)53-24)19-22(26)11-14-28(29)51-7/h8-11,14,23-25,27,30H,1,12-13,15-21H2,2-7H3,(H,39,47)(H,40,44)(H,41,46)/b10-9+/t23-,24+,27?,30+,38-/m0/s1. The molecule has 3 heterocycles.